The van der Waals surface area contributed by atoms with Gasteiger partial charge in [0.15, 0.2) is 0 Å². The Morgan fingerprint density at radius 1 is 1.03 bits per heavy atom. The molecule has 0 atom stereocenters. The first kappa shape index (κ1) is 20.9. The molecule has 2 heterocycles. The number of ether oxygens (including phenoxy) is 2. The Morgan fingerprint density at radius 2 is 1.77 bits per heavy atom. The van der Waals surface area contributed by atoms with Gasteiger partial charge in [-0.1, -0.05) is 0 Å². The lowest BCUT2D eigenvalue weighted by Gasteiger charge is -2.28. The third kappa shape index (κ3) is 5.44. The lowest BCUT2D eigenvalue weighted by Crippen LogP contribution is -2.36. The minimum Gasteiger partial charge on any atom is -0.486 e. The van der Waals surface area contributed by atoms with Crippen LogP contribution in [-0.4, -0.2) is 41.9 Å². The lowest BCUT2D eigenvalue weighted by atomic mass is 10.1. The second kappa shape index (κ2) is 8.81. The Balaban J connectivity index is 1.48. The van der Waals surface area contributed by atoms with Gasteiger partial charge in [-0.2, -0.15) is 0 Å². The number of anilines is 4. The van der Waals surface area contributed by atoms with Crippen LogP contribution in [0.5, 0.6) is 5.75 Å². The maximum Gasteiger partial charge on any atom is 0.227 e. The molecule has 0 spiro atoms. The van der Waals surface area contributed by atoms with Gasteiger partial charge < -0.3 is 25.4 Å². The summed E-state index contributed by atoms with van der Waals surface area (Å²) in [6.45, 7) is 9.37. The van der Waals surface area contributed by atoms with Gasteiger partial charge in [0, 0.05) is 36.2 Å². The Labute approximate surface area is 183 Å². The van der Waals surface area contributed by atoms with Crippen LogP contribution in [0.4, 0.5) is 23.0 Å². The van der Waals surface area contributed by atoms with E-state index < -0.39 is 0 Å². The largest absolute Gasteiger partial charge is 0.486 e. The van der Waals surface area contributed by atoms with Crippen LogP contribution < -0.4 is 20.7 Å². The van der Waals surface area contributed by atoms with Gasteiger partial charge in [0.1, 0.15) is 11.4 Å². The Hall–Kier alpha value is -3.32. The number of morpholine rings is 1. The van der Waals surface area contributed by atoms with Crippen molar-refractivity contribution in [3.05, 3.63) is 54.7 Å². The van der Waals surface area contributed by atoms with Gasteiger partial charge >= 0.3 is 0 Å². The molecule has 2 aromatic carbocycles. The maximum absolute atomic E-state index is 6.21. The summed E-state index contributed by atoms with van der Waals surface area (Å²) in [5, 5.41) is 3.28. The van der Waals surface area contributed by atoms with Crippen LogP contribution in [0.2, 0.25) is 0 Å². The van der Waals surface area contributed by atoms with Crippen LogP contribution in [0, 0.1) is 0 Å². The van der Waals surface area contributed by atoms with Gasteiger partial charge in [-0.3, -0.25) is 0 Å². The number of hydrogen-bond acceptors (Lipinski definition) is 7. The molecule has 0 saturated carbocycles. The zero-order valence-electron chi connectivity index (χ0n) is 18.3. The van der Waals surface area contributed by atoms with Gasteiger partial charge in [-0.15, -0.1) is 0 Å². The Kier molecular flexibility index (Phi) is 5.95. The van der Waals surface area contributed by atoms with Crippen molar-refractivity contribution in [2.45, 2.75) is 26.4 Å². The molecule has 0 bridgehead atoms. The first-order valence-electron chi connectivity index (χ1n) is 10.5. The fraction of sp³-hybridized carbons (Fsp3) is 0.333. The highest BCUT2D eigenvalue weighted by Crippen LogP contribution is 2.30. The van der Waals surface area contributed by atoms with E-state index >= 15 is 0 Å². The lowest BCUT2D eigenvalue weighted by molar-refractivity contribution is 0.122. The highest BCUT2D eigenvalue weighted by Gasteiger charge is 2.15. The normalized spacial score (nSPS) is 14.4. The SMILES string of the molecule is CC(C)(C)Oc1ccc(-c2ccnc(Nc3ccc(N4CCOCC4)cc3)n2)cc1N. The van der Waals surface area contributed by atoms with Crippen LogP contribution in [0.1, 0.15) is 20.8 Å². The van der Waals surface area contributed by atoms with Gasteiger partial charge in [0.2, 0.25) is 5.95 Å². The average Bonchev–Trinajstić information content (AvgIpc) is 2.76. The molecule has 3 N–H and O–H groups in total. The molecule has 0 amide bonds. The molecular formula is C24H29N5O2. The summed E-state index contributed by atoms with van der Waals surface area (Å²) in [7, 11) is 0. The molecule has 1 aromatic heterocycles. The molecule has 31 heavy (non-hydrogen) atoms. The highest BCUT2D eigenvalue weighted by molar-refractivity contribution is 5.69. The summed E-state index contributed by atoms with van der Waals surface area (Å²) in [5.41, 5.74) is 10.3. The van der Waals surface area contributed by atoms with E-state index in [0.717, 1.165) is 43.2 Å². The van der Waals surface area contributed by atoms with Crippen molar-refractivity contribution in [2.75, 3.05) is 42.3 Å². The zero-order chi connectivity index (χ0) is 21.8. The van der Waals surface area contributed by atoms with Gasteiger partial charge in [0.05, 0.1) is 24.6 Å². The molecule has 0 unspecified atom stereocenters. The first-order valence-corrected chi connectivity index (χ1v) is 10.5. The van der Waals surface area contributed by atoms with Crippen molar-refractivity contribution in [3.8, 4) is 17.0 Å². The topological polar surface area (TPSA) is 85.5 Å². The van der Waals surface area contributed by atoms with Crippen LogP contribution in [0.3, 0.4) is 0 Å². The predicted octanol–water partition coefficient (Wildman–Crippen LogP) is 4.48. The smallest absolute Gasteiger partial charge is 0.227 e. The van der Waals surface area contributed by atoms with E-state index in [1.165, 1.54) is 5.69 Å². The van der Waals surface area contributed by atoms with Crippen molar-refractivity contribution in [1.82, 2.24) is 9.97 Å². The third-order valence-corrected chi connectivity index (χ3v) is 4.88. The van der Waals surface area contributed by atoms with Crippen LogP contribution in [0.25, 0.3) is 11.3 Å². The van der Waals surface area contributed by atoms with E-state index in [2.05, 4.69) is 32.3 Å². The number of nitrogen functional groups attached to an aromatic ring is 1. The summed E-state index contributed by atoms with van der Waals surface area (Å²) >= 11 is 0. The molecule has 1 aliphatic rings. The zero-order valence-corrected chi connectivity index (χ0v) is 18.3. The first-order chi connectivity index (χ1) is 14.9. The number of nitrogens with one attached hydrogen (secondary N) is 1. The maximum atomic E-state index is 6.21. The summed E-state index contributed by atoms with van der Waals surface area (Å²) < 4.78 is 11.3. The second-order valence-corrected chi connectivity index (χ2v) is 8.50. The number of aromatic nitrogens is 2. The van der Waals surface area contributed by atoms with Crippen molar-refractivity contribution in [3.63, 3.8) is 0 Å². The van der Waals surface area contributed by atoms with E-state index in [1.807, 2.05) is 57.2 Å². The van der Waals surface area contributed by atoms with Crippen molar-refractivity contribution in [1.29, 1.82) is 0 Å². The van der Waals surface area contributed by atoms with Crippen LogP contribution in [0.15, 0.2) is 54.7 Å². The number of nitrogens with two attached hydrogens (primary N) is 1. The van der Waals surface area contributed by atoms with Crippen molar-refractivity contribution >= 4 is 23.0 Å². The minimum atomic E-state index is -0.307. The predicted molar refractivity (Wildman–Crippen MR) is 125 cm³/mol. The van der Waals surface area contributed by atoms with Gasteiger partial charge in [-0.25, -0.2) is 9.97 Å². The molecule has 7 heteroatoms. The molecule has 162 valence electrons. The van der Waals surface area contributed by atoms with E-state index in [4.69, 9.17) is 15.2 Å². The van der Waals surface area contributed by atoms with E-state index in [9.17, 15) is 0 Å². The van der Waals surface area contributed by atoms with Crippen molar-refractivity contribution < 1.29 is 9.47 Å². The Morgan fingerprint density at radius 3 is 2.45 bits per heavy atom. The Bertz CT molecular complexity index is 1020. The number of rotatable bonds is 5. The van der Waals surface area contributed by atoms with Crippen molar-refractivity contribution in [2.24, 2.45) is 0 Å². The summed E-state index contributed by atoms with van der Waals surface area (Å²) in [6, 6.07) is 15.9. The standard InChI is InChI=1S/C24H29N5O2/c1-24(2,3)31-22-9-4-17(16-20(22)25)21-10-11-26-23(28-21)27-18-5-7-19(8-6-18)29-12-14-30-15-13-29/h4-11,16H,12-15,25H2,1-3H3,(H,26,27,28). The van der Waals surface area contributed by atoms with Crippen LogP contribution in [-0.2, 0) is 4.74 Å². The molecule has 3 aromatic rings. The van der Waals surface area contributed by atoms with E-state index in [-0.39, 0.29) is 5.60 Å². The monoisotopic (exact) mass is 419 g/mol. The van der Waals surface area contributed by atoms with Gasteiger partial charge in [0.25, 0.3) is 0 Å². The third-order valence-electron chi connectivity index (χ3n) is 4.88. The van der Waals surface area contributed by atoms with Crippen LogP contribution >= 0.6 is 0 Å². The number of hydrogen-bond donors (Lipinski definition) is 2. The molecule has 0 aliphatic carbocycles. The molecule has 4 rings (SSSR count). The summed E-state index contributed by atoms with van der Waals surface area (Å²) in [4.78, 5) is 11.3. The molecule has 7 nitrogen and oxygen atoms in total. The fourth-order valence-electron chi connectivity index (χ4n) is 3.42. The average molecular weight is 420 g/mol. The number of nitrogens with zero attached hydrogens (tertiary/aromatic N) is 3. The number of benzene rings is 2. The molecular weight excluding hydrogens is 390 g/mol. The molecule has 0 radical (unpaired) electrons. The fourth-order valence-corrected chi connectivity index (χ4v) is 3.42. The van der Waals surface area contributed by atoms with E-state index in [1.54, 1.807) is 6.20 Å². The summed E-state index contributed by atoms with van der Waals surface area (Å²) in [6.07, 6.45) is 1.74. The molecule has 1 aliphatic heterocycles. The van der Waals surface area contributed by atoms with E-state index in [0.29, 0.717) is 17.4 Å². The van der Waals surface area contributed by atoms with Gasteiger partial charge in [-0.05, 0) is 69.3 Å². The highest BCUT2D eigenvalue weighted by atomic mass is 16.5. The second-order valence-electron chi connectivity index (χ2n) is 8.50. The summed E-state index contributed by atoms with van der Waals surface area (Å²) in [5.74, 6) is 1.20. The molecule has 1 fully saturated rings. The molecule has 1 saturated heterocycles. The minimum absolute atomic E-state index is 0.307. The quantitative estimate of drug-likeness (QED) is 0.590.